The van der Waals surface area contributed by atoms with Gasteiger partial charge >= 0.3 is 0 Å². The fraction of sp³-hybridized carbons (Fsp3) is 0.923. The van der Waals surface area contributed by atoms with E-state index in [-0.39, 0.29) is 11.8 Å². The molecule has 0 heterocycles. The van der Waals surface area contributed by atoms with E-state index in [1.54, 1.807) is 0 Å². The zero-order valence-electron chi connectivity index (χ0n) is 10.6. The molecule has 1 aliphatic carbocycles. The number of hydrogen-bond donors (Lipinski definition) is 1. The van der Waals surface area contributed by atoms with E-state index >= 15 is 0 Å². The van der Waals surface area contributed by atoms with Crippen LogP contribution < -0.4 is 5.32 Å². The summed E-state index contributed by atoms with van der Waals surface area (Å²) < 4.78 is 0. The molecule has 94 valence electrons. The first kappa shape index (κ1) is 14.0. The highest BCUT2D eigenvalue weighted by molar-refractivity contribution is 9.09. The highest BCUT2D eigenvalue weighted by Gasteiger charge is 2.30. The lowest BCUT2D eigenvalue weighted by Crippen LogP contribution is -2.41. The second-order valence-electron chi connectivity index (χ2n) is 5.50. The van der Waals surface area contributed by atoms with Crippen LogP contribution in [0.3, 0.4) is 0 Å². The predicted octanol–water partition coefficient (Wildman–Crippen LogP) is 3.35. The van der Waals surface area contributed by atoms with E-state index in [4.69, 9.17) is 0 Å². The summed E-state index contributed by atoms with van der Waals surface area (Å²) in [6.07, 6.45) is 4.55. The van der Waals surface area contributed by atoms with E-state index < -0.39 is 0 Å². The van der Waals surface area contributed by atoms with Crippen molar-refractivity contribution in [3.63, 3.8) is 0 Å². The topological polar surface area (TPSA) is 29.1 Å². The van der Waals surface area contributed by atoms with Gasteiger partial charge in [-0.05, 0) is 31.1 Å². The van der Waals surface area contributed by atoms with Crippen LogP contribution in [0.1, 0.15) is 46.5 Å². The quantitative estimate of drug-likeness (QED) is 0.773. The molecule has 0 aliphatic heterocycles. The van der Waals surface area contributed by atoms with E-state index in [2.05, 4.69) is 42.0 Å². The molecule has 16 heavy (non-hydrogen) atoms. The summed E-state index contributed by atoms with van der Waals surface area (Å²) >= 11 is 3.48. The number of nitrogens with one attached hydrogen (secondary N) is 1. The Morgan fingerprint density at radius 2 is 2.12 bits per heavy atom. The Morgan fingerprint density at radius 3 is 2.56 bits per heavy atom. The van der Waals surface area contributed by atoms with E-state index in [0.29, 0.717) is 17.9 Å². The minimum Gasteiger partial charge on any atom is -0.352 e. The van der Waals surface area contributed by atoms with Gasteiger partial charge < -0.3 is 5.32 Å². The molecule has 0 spiro atoms. The molecule has 0 aromatic rings. The third-order valence-electron chi connectivity index (χ3n) is 3.49. The summed E-state index contributed by atoms with van der Waals surface area (Å²) in [5.74, 6) is 1.72. The molecule has 1 fully saturated rings. The van der Waals surface area contributed by atoms with Gasteiger partial charge in [-0.25, -0.2) is 0 Å². The van der Waals surface area contributed by atoms with Gasteiger partial charge in [0, 0.05) is 17.3 Å². The highest BCUT2D eigenvalue weighted by atomic mass is 79.9. The molecular formula is C13H24BrNO. The van der Waals surface area contributed by atoms with Crippen LogP contribution in [0.5, 0.6) is 0 Å². The summed E-state index contributed by atoms with van der Waals surface area (Å²) in [4.78, 5) is 12.1. The Balaban J connectivity index is 2.42. The van der Waals surface area contributed by atoms with Crippen LogP contribution in [-0.4, -0.2) is 17.3 Å². The lowest BCUT2D eigenvalue weighted by molar-refractivity contribution is -0.126. The van der Waals surface area contributed by atoms with Crippen LogP contribution in [-0.2, 0) is 4.79 Å². The maximum absolute atomic E-state index is 12.1. The highest BCUT2D eigenvalue weighted by Crippen LogP contribution is 2.31. The summed E-state index contributed by atoms with van der Waals surface area (Å²) in [6.45, 7) is 6.59. The van der Waals surface area contributed by atoms with Crippen molar-refractivity contribution >= 4 is 21.8 Å². The fourth-order valence-corrected chi connectivity index (χ4v) is 3.00. The molecule has 0 saturated heterocycles. The first-order valence-electron chi connectivity index (χ1n) is 6.41. The first-order chi connectivity index (χ1) is 7.54. The average Bonchev–Trinajstić information content (AvgIpc) is 2.62. The monoisotopic (exact) mass is 289 g/mol. The minimum absolute atomic E-state index is 0.258. The normalized spacial score (nSPS) is 27.1. The Hall–Kier alpha value is -0.0500. The van der Waals surface area contributed by atoms with Crippen molar-refractivity contribution in [3.8, 4) is 0 Å². The number of carbonyl (C=O) groups excluding carboxylic acids is 1. The molecule has 3 unspecified atom stereocenters. The fourth-order valence-electron chi connectivity index (χ4n) is 2.57. The van der Waals surface area contributed by atoms with Crippen molar-refractivity contribution in [2.75, 3.05) is 5.33 Å². The van der Waals surface area contributed by atoms with Gasteiger partial charge in [0.25, 0.3) is 0 Å². The third-order valence-corrected chi connectivity index (χ3v) is 4.27. The molecule has 1 saturated carbocycles. The summed E-state index contributed by atoms with van der Waals surface area (Å²) in [5, 5.41) is 4.04. The average molecular weight is 290 g/mol. The Kier molecular flexibility index (Phi) is 5.81. The van der Waals surface area contributed by atoms with Gasteiger partial charge in [0.2, 0.25) is 5.91 Å². The molecule has 0 aromatic carbocycles. The lowest BCUT2D eigenvalue weighted by Gasteiger charge is -2.22. The maximum Gasteiger partial charge on any atom is 0.223 e. The van der Waals surface area contributed by atoms with Gasteiger partial charge in [0.1, 0.15) is 0 Å². The van der Waals surface area contributed by atoms with Gasteiger partial charge in [-0.1, -0.05) is 43.1 Å². The number of amides is 1. The number of hydrogen-bond acceptors (Lipinski definition) is 1. The molecule has 3 heteroatoms. The number of halogens is 1. The van der Waals surface area contributed by atoms with Gasteiger partial charge in [-0.15, -0.1) is 0 Å². The third kappa shape index (κ3) is 4.08. The molecule has 1 aliphatic rings. The molecular weight excluding hydrogens is 266 g/mol. The van der Waals surface area contributed by atoms with E-state index in [1.807, 2.05) is 0 Å². The second-order valence-corrected chi connectivity index (χ2v) is 6.15. The van der Waals surface area contributed by atoms with Crippen molar-refractivity contribution in [3.05, 3.63) is 0 Å². The molecule has 2 nitrogen and oxygen atoms in total. The maximum atomic E-state index is 12.1. The van der Waals surface area contributed by atoms with Crippen LogP contribution in [0.25, 0.3) is 0 Å². The molecule has 1 amide bonds. The molecule has 0 radical (unpaired) electrons. The van der Waals surface area contributed by atoms with E-state index in [1.165, 1.54) is 12.8 Å². The van der Waals surface area contributed by atoms with Crippen LogP contribution in [0.4, 0.5) is 0 Å². The molecule has 1 rings (SSSR count). The van der Waals surface area contributed by atoms with Gasteiger partial charge in [-0.3, -0.25) is 4.79 Å². The van der Waals surface area contributed by atoms with Gasteiger partial charge in [0.15, 0.2) is 0 Å². The van der Waals surface area contributed by atoms with Crippen molar-refractivity contribution in [2.24, 2.45) is 17.8 Å². The van der Waals surface area contributed by atoms with Crippen LogP contribution in [0.2, 0.25) is 0 Å². The van der Waals surface area contributed by atoms with Crippen molar-refractivity contribution in [1.29, 1.82) is 0 Å². The first-order valence-corrected chi connectivity index (χ1v) is 7.53. The standard InChI is InChI=1S/C13H24BrNO/c1-9(2)7-11(8-14)15-13(16)12-6-4-5-10(12)3/h9-12H,4-8H2,1-3H3,(H,15,16). The number of carbonyl (C=O) groups is 1. The Bertz CT molecular complexity index is 230. The molecule has 3 atom stereocenters. The van der Waals surface area contributed by atoms with Crippen molar-refractivity contribution in [2.45, 2.75) is 52.5 Å². The van der Waals surface area contributed by atoms with Crippen LogP contribution in [0, 0.1) is 17.8 Å². The molecule has 1 N–H and O–H groups in total. The van der Waals surface area contributed by atoms with E-state index in [9.17, 15) is 4.79 Å². The minimum atomic E-state index is 0.258. The summed E-state index contributed by atoms with van der Waals surface area (Å²) in [7, 11) is 0. The van der Waals surface area contributed by atoms with Crippen LogP contribution >= 0.6 is 15.9 Å². The largest absolute Gasteiger partial charge is 0.352 e. The van der Waals surface area contributed by atoms with Gasteiger partial charge in [-0.2, -0.15) is 0 Å². The van der Waals surface area contributed by atoms with Gasteiger partial charge in [0.05, 0.1) is 0 Å². The Labute approximate surface area is 108 Å². The number of rotatable bonds is 5. The van der Waals surface area contributed by atoms with Crippen molar-refractivity contribution < 1.29 is 4.79 Å². The predicted molar refractivity (Wildman–Crippen MR) is 71.7 cm³/mol. The van der Waals surface area contributed by atoms with Crippen molar-refractivity contribution in [1.82, 2.24) is 5.32 Å². The SMILES string of the molecule is CC(C)CC(CBr)NC(=O)C1CCCC1C. The zero-order chi connectivity index (χ0) is 12.1. The van der Waals surface area contributed by atoms with Crippen LogP contribution in [0.15, 0.2) is 0 Å². The smallest absolute Gasteiger partial charge is 0.223 e. The van der Waals surface area contributed by atoms with E-state index in [0.717, 1.165) is 18.2 Å². The Morgan fingerprint density at radius 1 is 1.44 bits per heavy atom. The number of alkyl halides is 1. The summed E-state index contributed by atoms with van der Waals surface area (Å²) in [5.41, 5.74) is 0. The zero-order valence-corrected chi connectivity index (χ0v) is 12.2. The molecule has 0 aromatic heterocycles. The lowest BCUT2D eigenvalue weighted by atomic mass is 9.96. The molecule has 0 bridgehead atoms. The summed E-state index contributed by atoms with van der Waals surface area (Å²) in [6, 6.07) is 0.292. The second kappa shape index (κ2) is 6.63.